The minimum absolute atomic E-state index is 0.138. The molecule has 0 aromatic heterocycles. The Morgan fingerprint density at radius 1 is 1.33 bits per heavy atom. The second-order valence-corrected chi connectivity index (χ2v) is 5.35. The van der Waals surface area contributed by atoms with Crippen LogP contribution < -0.4 is 15.2 Å². The van der Waals surface area contributed by atoms with E-state index in [-0.39, 0.29) is 5.54 Å². The molecular weight excluding hydrogens is 254 g/mol. The number of rotatable bonds is 3. The number of benzene rings is 1. The van der Waals surface area contributed by atoms with E-state index in [1.165, 1.54) is 0 Å². The molecule has 1 aliphatic carbocycles. The number of hydrogen-bond acceptors (Lipinski definition) is 4. The summed E-state index contributed by atoms with van der Waals surface area (Å²) in [5.74, 6) is 1.09. The highest BCUT2D eigenvalue weighted by molar-refractivity contribution is 6.33. The summed E-state index contributed by atoms with van der Waals surface area (Å²) in [4.78, 5) is 11.1. The molecule has 1 heterocycles. The SMILES string of the molecule is NC1(Cc2cc(Cl)c(C=O)c3c2OCCO3)CC1. The van der Waals surface area contributed by atoms with Crippen LogP contribution in [0.1, 0.15) is 28.8 Å². The lowest BCUT2D eigenvalue weighted by molar-refractivity contribution is 0.111. The normalized spacial score (nSPS) is 19.4. The summed E-state index contributed by atoms with van der Waals surface area (Å²) in [6.45, 7) is 0.916. The third-order valence-electron chi connectivity index (χ3n) is 3.43. The lowest BCUT2D eigenvalue weighted by Gasteiger charge is -2.24. The van der Waals surface area contributed by atoms with Gasteiger partial charge in [0.25, 0.3) is 0 Å². The molecule has 5 heteroatoms. The largest absolute Gasteiger partial charge is 0.486 e. The maximum atomic E-state index is 11.1. The van der Waals surface area contributed by atoms with Crippen LogP contribution in [0.25, 0.3) is 0 Å². The Balaban J connectivity index is 2.08. The monoisotopic (exact) mass is 267 g/mol. The van der Waals surface area contributed by atoms with Crippen molar-refractivity contribution in [3.8, 4) is 11.5 Å². The zero-order valence-electron chi connectivity index (χ0n) is 9.87. The van der Waals surface area contributed by atoms with Crippen LogP contribution >= 0.6 is 11.6 Å². The fraction of sp³-hybridized carbons (Fsp3) is 0.462. The van der Waals surface area contributed by atoms with Crippen molar-refractivity contribution in [1.29, 1.82) is 0 Å². The second-order valence-electron chi connectivity index (χ2n) is 4.94. The standard InChI is InChI=1S/C13H14ClNO3/c14-10-5-8(6-13(15)1-2-13)11-12(9(10)7-16)18-4-3-17-11/h5,7H,1-4,6,15H2. The van der Waals surface area contributed by atoms with Gasteiger partial charge < -0.3 is 15.2 Å². The number of halogens is 1. The molecule has 1 aromatic rings. The first-order valence-electron chi connectivity index (χ1n) is 5.98. The van der Waals surface area contributed by atoms with E-state index in [0.717, 1.165) is 18.4 Å². The Labute approximate surface area is 110 Å². The van der Waals surface area contributed by atoms with Gasteiger partial charge in [-0.15, -0.1) is 0 Å². The Hall–Kier alpha value is -1.26. The molecule has 1 aromatic carbocycles. The highest BCUT2D eigenvalue weighted by Gasteiger charge is 2.39. The van der Waals surface area contributed by atoms with Crippen LogP contribution in [0.5, 0.6) is 11.5 Å². The zero-order valence-corrected chi connectivity index (χ0v) is 10.6. The van der Waals surface area contributed by atoms with Gasteiger partial charge in [-0.3, -0.25) is 4.79 Å². The van der Waals surface area contributed by atoms with E-state index in [9.17, 15) is 4.79 Å². The predicted octanol–water partition coefficient (Wildman–Crippen LogP) is 1.96. The molecule has 2 N–H and O–H groups in total. The van der Waals surface area contributed by atoms with Gasteiger partial charge in [-0.1, -0.05) is 11.6 Å². The van der Waals surface area contributed by atoms with Gasteiger partial charge in [0.1, 0.15) is 13.2 Å². The van der Waals surface area contributed by atoms with Crippen molar-refractivity contribution in [2.75, 3.05) is 13.2 Å². The van der Waals surface area contributed by atoms with Crippen LogP contribution in [0.4, 0.5) is 0 Å². The van der Waals surface area contributed by atoms with E-state index in [1.54, 1.807) is 6.07 Å². The van der Waals surface area contributed by atoms with Crippen LogP contribution in [0.15, 0.2) is 6.07 Å². The third kappa shape index (κ3) is 1.95. The summed E-state index contributed by atoms with van der Waals surface area (Å²) in [6, 6.07) is 1.77. The highest BCUT2D eigenvalue weighted by Crippen LogP contribution is 2.44. The number of ether oxygens (including phenoxy) is 2. The number of aldehydes is 1. The molecule has 1 fully saturated rings. The fourth-order valence-corrected chi connectivity index (χ4v) is 2.48. The van der Waals surface area contributed by atoms with E-state index in [0.29, 0.717) is 48.0 Å². The molecule has 2 aliphatic rings. The summed E-state index contributed by atoms with van der Waals surface area (Å²) in [6.07, 6.45) is 3.43. The molecule has 96 valence electrons. The summed E-state index contributed by atoms with van der Waals surface area (Å²) < 4.78 is 11.1. The number of hydrogen-bond donors (Lipinski definition) is 1. The number of nitrogens with two attached hydrogens (primary N) is 1. The third-order valence-corrected chi connectivity index (χ3v) is 3.74. The number of carbonyl (C=O) groups excluding carboxylic acids is 1. The van der Waals surface area contributed by atoms with E-state index in [1.807, 2.05) is 0 Å². The van der Waals surface area contributed by atoms with Crippen molar-refractivity contribution in [2.24, 2.45) is 5.73 Å². The number of fused-ring (bicyclic) bond motifs is 1. The zero-order chi connectivity index (χ0) is 12.8. The lowest BCUT2D eigenvalue weighted by atomic mass is 10.0. The van der Waals surface area contributed by atoms with Crippen molar-refractivity contribution in [1.82, 2.24) is 0 Å². The molecule has 3 rings (SSSR count). The smallest absolute Gasteiger partial charge is 0.173 e. The minimum atomic E-state index is -0.138. The Bertz CT molecular complexity index is 511. The van der Waals surface area contributed by atoms with Crippen LogP contribution in [-0.2, 0) is 6.42 Å². The van der Waals surface area contributed by atoms with Crippen molar-refractivity contribution in [2.45, 2.75) is 24.8 Å². The van der Waals surface area contributed by atoms with Crippen molar-refractivity contribution in [3.63, 3.8) is 0 Å². The van der Waals surface area contributed by atoms with Crippen molar-refractivity contribution in [3.05, 3.63) is 22.2 Å². The van der Waals surface area contributed by atoms with Gasteiger partial charge in [-0.05, 0) is 25.3 Å². The van der Waals surface area contributed by atoms with E-state index in [2.05, 4.69) is 0 Å². The molecule has 1 saturated carbocycles. The van der Waals surface area contributed by atoms with Gasteiger partial charge in [0.2, 0.25) is 0 Å². The molecule has 0 saturated heterocycles. The summed E-state index contributed by atoms with van der Waals surface area (Å²) in [5.41, 5.74) is 7.27. The van der Waals surface area contributed by atoms with Gasteiger partial charge in [-0.2, -0.15) is 0 Å². The lowest BCUT2D eigenvalue weighted by Crippen LogP contribution is -2.26. The first-order chi connectivity index (χ1) is 8.63. The second kappa shape index (κ2) is 4.14. The van der Waals surface area contributed by atoms with Crippen molar-refractivity contribution >= 4 is 17.9 Å². The summed E-state index contributed by atoms with van der Waals surface area (Å²) in [7, 11) is 0. The van der Waals surface area contributed by atoms with Gasteiger partial charge in [0.15, 0.2) is 17.8 Å². The highest BCUT2D eigenvalue weighted by atomic mass is 35.5. The van der Waals surface area contributed by atoms with Crippen LogP contribution in [0.2, 0.25) is 5.02 Å². The molecule has 0 atom stereocenters. The summed E-state index contributed by atoms with van der Waals surface area (Å²) >= 11 is 6.11. The molecule has 0 spiro atoms. The number of carbonyl (C=O) groups is 1. The first-order valence-corrected chi connectivity index (χ1v) is 6.36. The quantitative estimate of drug-likeness (QED) is 0.851. The molecule has 0 bridgehead atoms. The fourth-order valence-electron chi connectivity index (χ4n) is 2.22. The molecule has 4 nitrogen and oxygen atoms in total. The van der Waals surface area contributed by atoms with Crippen molar-refractivity contribution < 1.29 is 14.3 Å². The molecule has 0 amide bonds. The molecule has 18 heavy (non-hydrogen) atoms. The van der Waals surface area contributed by atoms with Gasteiger partial charge in [0, 0.05) is 11.1 Å². The van der Waals surface area contributed by atoms with Crippen LogP contribution in [-0.4, -0.2) is 25.0 Å². The average molecular weight is 268 g/mol. The van der Waals surface area contributed by atoms with Gasteiger partial charge >= 0.3 is 0 Å². The molecule has 1 aliphatic heterocycles. The Kier molecular flexibility index (Phi) is 2.72. The van der Waals surface area contributed by atoms with Crippen LogP contribution in [0.3, 0.4) is 0 Å². The summed E-state index contributed by atoms with van der Waals surface area (Å²) in [5, 5.41) is 0.397. The molecular formula is C13H14ClNO3. The molecule has 0 unspecified atom stereocenters. The topological polar surface area (TPSA) is 61.6 Å². The molecule has 0 radical (unpaired) electrons. The maximum absolute atomic E-state index is 11.1. The predicted molar refractivity (Wildman–Crippen MR) is 67.7 cm³/mol. The van der Waals surface area contributed by atoms with E-state index < -0.39 is 0 Å². The Morgan fingerprint density at radius 2 is 2.00 bits per heavy atom. The average Bonchev–Trinajstić information content (AvgIpc) is 3.07. The van der Waals surface area contributed by atoms with E-state index in [4.69, 9.17) is 26.8 Å². The van der Waals surface area contributed by atoms with Gasteiger partial charge in [0.05, 0.1) is 10.6 Å². The first kappa shape index (κ1) is 11.8. The maximum Gasteiger partial charge on any atom is 0.173 e. The van der Waals surface area contributed by atoms with Gasteiger partial charge in [-0.25, -0.2) is 0 Å². The van der Waals surface area contributed by atoms with Crippen LogP contribution in [0, 0.1) is 0 Å². The van der Waals surface area contributed by atoms with E-state index >= 15 is 0 Å². The Morgan fingerprint density at radius 3 is 2.61 bits per heavy atom. The minimum Gasteiger partial charge on any atom is -0.486 e.